The van der Waals surface area contributed by atoms with Gasteiger partial charge in [0, 0.05) is 19.2 Å². The average Bonchev–Trinajstić information content (AvgIpc) is 2.62. The zero-order valence-electron chi connectivity index (χ0n) is 17.2. The fourth-order valence-corrected chi connectivity index (χ4v) is 1.80. The van der Waals surface area contributed by atoms with Crippen LogP contribution in [-0.2, 0) is 19.1 Å². The SMILES string of the molecule is COC(=O)/C=C/C=C/C=C/CCNC(=O)[C@@H](C)[C@@H](O)CNC(=O)OC(C)(C)C. The van der Waals surface area contributed by atoms with Crippen molar-refractivity contribution in [1.29, 1.82) is 0 Å². The second kappa shape index (κ2) is 13.5. The number of rotatable bonds is 10. The van der Waals surface area contributed by atoms with E-state index in [1.807, 2.05) is 6.08 Å². The van der Waals surface area contributed by atoms with E-state index in [9.17, 15) is 19.5 Å². The molecule has 2 amide bonds. The topological polar surface area (TPSA) is 114 Å². The Morgan fingerprint density at radius 3 is 2.32 bits per heavy atom. The van der Waals surface area contributed by atoms with Gasteiger partial charge in [0.05, 0.1) is 19.1 Å². The molecule has 0 spiro atoms. The van der Waals surface area contributed by atoms with Crippen LogP contribution in [0.5, 0.6) is 0 Å². The smallest absolute Gasteiger partial charge is 0.407 e. The van der Waals surface area contributed by atoms with Gasteiger partial charge in [-0.2, -0.15) is 0 Å². The number of esters is 1. The Bertz CT molecular complexity index is 590. The zero-order valence-corrected chi connectivity index (χ0v) is 17.2. The van der Waals surface area contributed by atoms with Crippen LogP contribution in [0.15, 0.2) is 36.5 Å². The molecule has 0 aromatic carbocycles. The van der Waals surface area contributed by atoms with Crippen molar-refractivity contribution in [1.82, 2.24) is 10.6 Å². The average molecular weight is 396 g/mol. The van der Waals surface area contributed by atoms with E-state index in [1.54, 1.807) is 52.0 Å². The molecule has 8 nitrogen and oxygen atoms in total. The number of alkyl carbamates (subject to hydrolysis) is 1. The predicted octanol–water partition coefficient (Wildman–Crippen LogP) is 1.86. The molecule has 0 fully saturated rings. The molecule has 0 saturated heterocycles. The Hall–Kier alpha value is -2.61. The molecule has 8 heteroatoms. The van der Waals surface area contributed by atoms with Crippen molar-refractivity contribution in [3.05, 3.63) is 36.5 Å². The quantitative estimate of drug-likeness (QED) is 0.225. The number of carbonyl (C=O) groups excluding carboxylic acids is 3. The molecule has 158 valence electrons. The first-order valence-electron chi connectivity index (χ1n) is 9.07. The van der Waals surface area contributed by atoms with Crippen molar-refractivity contribution in [2.75, 3.05) is 20.2 Å². The Balaban J connectivity index is 4.06. The Labute approximate surface area is 166 Å². The van der Waals surface area contributed by atoms with Crippen molar-refractivity contribution < 1.29 is 29.0 Å². The standard InChI is InChI=1S/C20H32N2O6/c1-15(16(23)14-22-19(26)28-20(2,3)4)18(25)21-13-11-9-7-6-8-10-12-17(24)27-5/h6-10,12,15-16,23H,11,13-14H2,1-5H3,(H,21,25)(H,22,26)/b8-6+,9-7+,12-10+/t15-,16-/m0/s1. The van der Waals surface area contributed by atoms with Crippen LogP contribution >= 0.6 is 0 Å². The van der Waals surface area contributed by atoms with E-state index in [0.29, 0.717) is 13.0 Å². The summed E-state index contributed by atoms with van der Waals surface area (Å²) in [5.74, 6) is -1.40. The van der Waals surface area contributed by atoms with E-state index in [-0.39, 0.29) is 12.5 Å². The molecule has 0 aliphatic heterocycles. The third-order valence-electron chi connectivity index (χ3n) is 3.36. The van der Waals surface area contributed by atoms with E-state index in [2.05, 4.69) is 15.4 Å². The van der Waals surface area contributed by atoms with Gasteiger partial charge in [-0.25, -0.2) is 9.59 Å². The summed E-state index contributed by atoms with van der Waals surface area (Å²) in [6.45, 7) is 7.14. The first-order chi connectivity index (χ1) is 13.1. The van der Waals surface area contributed by atoms with Crippen LogP contribution in [0.1, 0.15) is 34.1 Å². The van der Waals surface area contributed by atoms with Gasteiger partial charge in [-0.3, -0.25) is 4.79 Å². The van der Waals surface area contributed by atoms with Crippen molar-refractivity contribution in [3.8, 4) is 0 Å². The second-order valence-electron chi connectivity index (χ2n) is 7.01. The minimum atomic E-state index is -1.02. The van der Waals surface area contributed by atoms with Crippen molar-refractivity contribution in [2.45, 2.75) is 45.8 Å². The highest BCUT2D eigenvalue weighted by atomic mass is 16.6. The van der Waals surface area contributed by atoms with E-state index in [0.717, 1.165) is 0 Å². The minimum absolute atomic E-state index is 0.0761. The van der Waals surface area contributed by atoms with Gasteiger partial charge in [-0.1, -0.05) is 37.3 Å². The van der Waals surface area contributed by atoms with Crippen LogP contribution in [0, 0.1) is 5.92 Å². The lowest BCUT2D eigenvalue weighted by molar-refractivity contribution is -0.134. The van der Waals surface area contributed by atoms with Crippen LogP contribution < -0.4 is 10.6 Å². The van der Waals surface area contributed by atoms with Gasteiger partial charge < -0.3 is 25.2 Å². The zero-order chi connectivity index (χ0) is 21.6. The molecule has 0 aromatic rings. The fourth-order valence-electron chi connectivity index (χ4n) is 1.80. The molecule has 0 aromatic heterocycles. The van der Waals surface area contributed by atoms with Crippen molar-refractivity contribution >= 4 is 18.0 Å². The summed E-state index contributed by atoms with van der Waals surface area (Å²) in [6.07, 6.45) is 8.88. The molecule has 0 saturated carbocycles. The molecule has 0 aliphatic carbocycles. The molecular formula is C20H32N2O6. The van der Waals surface area contributed by atoms with Crippen LogP contribution in [-0.4, -0.2) is 55.0 Å². The summed E-state index contributed by atoms with van der Waals surface area (Å²) < 4.78 is 9.52. The lowest BCUT2D eigenvalue weighted by Crippen LogP contribution is -2.43. The van der Waals surface area contributed by atoms with Gasteiger partial charge in [0.25, 0.3) is 0 Å². The highest BCUT2D eigenvalue weighted by Crippen LogP contribution is 2.07. The molecule has 0 radical (unpaired) electrons. The first-order valence-corrected chi connectivity index (χ1v) is 9.07. The second-order valence-corrected chi connectivity index (χ2v) is 7.01. The molecule has 3 N–H and O–H groups in total. The Morgan fingerprint density at radius 1 is 1.07 bits per heavy atom. The van der Waals surface area contributed by atoms with Crippen molar-refractivity contribution in [2.24, 2.45) is 5.92 Å². The molecule has 0 rings (SSSR count). The fraction of sp³-hybridized carbons (Fsp3) is 0.550. The van der Waals surface area contributed by atoms with Crippen LogP contribution in [0.2, 0.25) is 0 Å². The number of aliphatic hydroxyl groups excluding tert-OH is 1. The lowest BCUT2D eigenvalue weighted by atomic mass is 10.0. The maximum atomic E-state index is 12.0. The highest BCUT2D eigenvalue weighted by molar-refractivity contribution is 5.82. The summed E-state index contributed by atoms with van der Waals surface area (Å²) in [5, 5.41) is 15.2. The lowest BCUT2D eigenvalue weighted by Gasteiger charge is -2.22. The van der Waals surface area contributed by atoms with Crippen LogP contribution in [0.3, 0.4) is 0 Å². The third-order valence-corrected chi connectivity index (χ3v) is 3.36. The summed E-state index contributed by atoms with van der Waals surface area (Å²) in [7, 11) is 1.31. The Kier molecular flexibility index (Phi) is 12.3. The van der Waals surface area contributed by atoms with Gasteiger partial charge >= 0.3 is 12.1 Å². The number of hydrogen-bond acceptors (Lipinski definition) is 6. The minimum Gasteiger partial charge on any atom is -0.466 e. The van der Waals surface area contributed by atoms with Gasteiger partial charge in [0.2, 0.25) is 5.91 Å². The van der Waals surface area contributed by atoms with E-state index >= 15 is 0 Å². The van der Waals surface area contributed by atoms with Crippen LogP contribution in [0.25, 0.3) is 0 Å². The summed E-state index contributed by atoms with van der Waals surface area (Å²) in [4.78, 5) is 34.4. The predicted molar refractivity (Wildman–Crippen MR) is 106 cm³/mol. The molecule has 28 heavy (non-hydrogen) atoms. The Morgan fingerprint density at radius 2 is 1.71 bits per heavy atom. The van der Waals surface area contributed by atoms with Gasteiger partial charge in [0.15, 0.2) is 0 Å². The monoisotopic (exact) mass is 396 g/mol. The largest absolute Gasteiger partial charge is 0.466 e. The number of allylic oxidation sites excluding steroid dienone is 4. The van der Waals surface area contributed by atoms with E-state index in [4.69, 9.17) is 4.74 Å². The maximum Gasteiger partial charge on any atom is 0.407 e. The molecular weight excluding hydrogens is 364 g/mol. The number of ether oxygens (including phenoxy) is 2. The number of amides is 2. The van der Waals surface area contributed by atoms with E-state index < -0.39 is 29.7 Å². The van der Waals surface area contributed by atoms with Gasteiger partial charge in [0.1, 0.15) is 5.60 Å². The third kappa shape index (κ3) is 13.6. The number of carbonyl (C=O) groups is 3. The molecule has 0 unspecified atom stereocenters. The summed E-state index contributed by atoms with van der Waals surface area (Å²) >= 11 is 0. The molecule has 0 heterocycles. The maximum absolute atomic E-state index is 12.0. The number of aliphatic hydroxyl groups is 1. The molecule has 0 bridgehead atoms. The highest BCUT2D eigenvalue weighted by Gasteiger charge is 2.23. The number of methoxy groups -OCH3 is 1. The van der Waals surface area contributed by atoms with Gasteiger partial charge in [-0.05, 0) is 27.2 Å². The summed E-state index contributed by atoms with van der Waals surface area (Å²) in [6, 6.07) is 0. The first kappa shape index (κ1) is 25.4. The van der Waals surface area contributed by atoms with Crippen LogP contribution in [0.4, 0.5) is 4.79 Å². The number of nitrogens with one attached hydrogen (secondary N) is 2. The van der Waals surface area contributed by atoms with E-state index in [1.165, 1.54) is 13.2 Å². The molecule has 2 atom stereocenters. The normalized spacial score (nSPS) is 14.2. The van der Waals surface area contributed by atoms with Crippen molar-refractivity contribution in [3.63, 3.8) is 0 Å². The summed E-state index contributed by atoms with van der Waals surface area (Å²) in [5.41, 5.74) is -0.627. The number of hydrogen-bond donors (Lipinski definition) is 3. The molecule has 0 aliphatic rings. The van der Waals surface area contributed by atoms with Gasteiger partial charge in [-0.15, -0.1) is 0 Å².